The molecular weight excluding hydrogens is 196 g/mol. The normalized spacial score (nSPS) is 12.4. The third-order valence-corrected chi connectivity index (χ3v) is 3.26. The first-order chi connectivity index (χ1) is 6.67. The van der Waals surface area contributed by atoms with E-state index in [-0.39, 0.29) is 5.25 Å². The molecule has 1 atom stereocenters. The minimum absolute atomic E-state index is 0.289. The Morgan fingerprint density at radius 2 is 2.29 bits per heavy atom. The second-order valence-corrected chi connectivity index (χ2v) is 4.38. The summed E-state index contributed by atoms with van der Waals surface area (Å²) in [6.45, 7) is 5.89. The van der Waals surface area contributed by atoms with Gasteiger partial charge in [-0.15, -0.1) is 0 Å². The molecule has 0 aliphatic rings. The highest BCUT2D eigenvalue weighted by Crippen LogP contribution is 2.27. The molecular formula is C10H14N2OS. The van der Waals surface area contributed by atoms with Crippen molar-refractivity contribution < 1.29 is 4.42 Å². The van der Waals surface area contributed by atoms with Crippen LogP contribution in [-0.2, 0) is 0 Å². The molecule has 0 fully saturated rings. The largest absolute Gasteiger partial charge is 0.437 e. The van der Waals surface area contributed by atoms with E-state index in [1.807, 2.05) is 13.8 Å². The van der Waals surface area contributed by atoms with Gasteiger partial charge in [0, 0.05) is 11.7 Å². The summed E-state index contributed by atoms with van der Waals surface area (Å²) in [5.74, 6) is 0.860. The predicted octanol–water partition coefficient (Wildman–Crippen LogP) is 3.08. The number of nitrogens with zero attached hydrogens (tertiary/aromatic N) is 2. The molecule has 0 N–H and O–H groups in total. The van der Waals surface area contributed by atoms with Crippen LogP contribution in [0.3, 0.4) is 0 Å². The number of aromatic nitrogens is 1. The number of hydrogen-bond acceptors (Lipinski definition) is 4. The van der Waals surface area contributed by atoms with E-state index >= 15 is 0 Å². The Morgan fingerprint density at radius 1 is 1.57 bits per heavy atom. The topological polar surface area (TPSA) is 49.8 Å². The van der Waals surface area contributed by atoms with E-state index in [0.29, 0.717) is 11.6 Å². The highest BCUT2D eigenvalue weighted by atomic mass is 32.2. The molecule has 0 aliphatic carbocycles. The molecule has 1 unspecified atom stereocenters. The summed E-state index contributed by atoms with van der Waals surface area (Å²) >= 11 is 1.55. The zero-order chi connectivity index (χ0) is 10.6. The molecule has 0 aliphatic heterocycles. The molecule has 0 saturated heterocycles. The van der Waals surface area contributed by atoms with E-state index in [4.69, 9.17) is 9.68 Å². The molecule has 0 amide bonds. The number of nitriles is 1. The zero-order valence-electron chi connectivity index (χ0n) is 8.70. The molecule has 4 heteroatoms. The maximum absolute atomic E-state index is 8.59. The first-order valence-electron chi connectivity index (χ1n) is 4.65. The first-order valence-corrected chi connectivity index (χ1v) is 5.53. The van der Waals surface area contributed by atoms with Crippen LogP contribution in [0.4, 0.5) is 0 Å². The third kappa shape index (κ3) is 2.78. The van der Waals surface area contributed by atoms with Crippen molar-refractivity contribution in [1.82, 2.24) is 4.98 Å². The Morgan fingerprint density at radius 3 is 2.71 bits per heavy atom. The quantitative estimate of drug-likeness (QED) is 0.716. The van der Waals surface area contributed by atoms with Gasteiger partial charge in [-0.3, -0.25) is 0 Å². The van der Waals surface area contributed by atoms with Gasteiger partial charge in [0.15, 0.2) is 0 Å². The van der Waals surface area contributed by atoms with Crippen LogP contribution in [0, 0.1) is 25.2 Å². The van der Waals surface area contributed by atoms with Crippen LogP contribution in [0.2, 0.25) is 0 Å². The lowest BCUT2D eigenvalue weighted by Gasteiger charge is -2.05. The minimum Gasteiger partial charge on any atom is -0.437 e. The summed E-state index contributed by atoms with van der Waals surface area (Å²) in [6.07, 6.45) is 1.50. The van der Waals surface area contributed by atoms with Crippen molar-refractivity contribution in [2.45, 2.75) is 44.1 Å². The van der Waals surface area contributed by atoms with Gasteiger partial charge in [-0.05, 0) is 20.3 Å². The van der Waals surface area contributed by atoms with Gasteiger partial charge in [-0.1, -0.05) is 18.7 Å². The van der Waals surface area contributed by atoms with Crippen LogP contribution in [0.15, 0.2) is 9.64 Å². The van der Waals surface area contributed by atoms with Crippen molar-refractivity contribution in [2.24, 2.45) is 0 Å². The number of hydrogen-bond donors (Lipinski definition) is 0. The predicted molar refractivity (Wildman–Crippen MR) is 56.1 cm³/mol. The smallest absolute Gasteiger partial charge is 0.256 e. The maximum atomic E-state index is 8.59. The SMILES string of the molecule is CCC(CC#N)Sc1nc(C)c(C)o1. The van der Waals surface area contributed by atoms with Crippen LogP contribution < -0.4 is 0 Å². The van der Waals surface area contributed by atoms with Gasteiger partial charge in [0.1, 0.15) is 5.76 Å². The molecule has 0 spiro atoms. The van der Waals surface area contributed by atoms with Gasteiger partial charge in [0.25, 0.3) is 5.22 Å². The molecule has 1 aromatic rings. The zero-order valence-corrected chi connectivity index (χ0v) is 9.52. The van der Waals surface area contributed by atoms with Crippen molar-refractivity contribution in [2.75, 3.05) is 0 Å². The van der Waals surface area contributed by atoms with Crippen molar-refractivity contribution in [3.63, 3.8) is 0 Å². The molecule has 0 bridgehead atoms. The molecule has 76 valence electrons. The molecule has 0 aromatic carbocycles. The number of rotatable bonds is 4. The summed E-state index contributed by atoms with van der Waals surface area (Å²) in [4.78, 5) is 4.27. The van der Waals surface area contributed by atoms with Gasteiger partial charge < -0.3 is 4.42 Å². The van der Waals surface area contributed by atoms with E-state index in [1.54, 1.807) is 11.8 Å². The van der Waals surface area contributed by atoms with Crippen LogP contribution in [0.1, 0.15) is 31.2 Å². The Labute approximate surface area is 88.5 Å². The number of thioether (sulfide) groups is 1. The van der Waals surface area contributed by atoms with Crippen molar-refractivity contribution >= 4 is 11.8 Å². The first kappa shape index (κ1) is 11.1. The van der Waals surface area contributed by atoms with Crippen LogP contribution >= 0.6 is 11.8 Å². The fourth-order valence-electron chi connectivity index (χ4n) is 1.01. The summed E-state index contributed by atoms with van der Waals surface area (Å²) in [5, 5.41) is 9.56. The number of aryl methyl sites for hydroxylation is 2. The molecule has 1 aromatic heterocycles. The Bertz CT molecular complexity index is 321. The Hall–Kier alpha value is -0.950. The fraction of sp³-hybridized carbons (Fsp3) is 0.600. The van der Waals surface area contributed by atoms with Crippen LogP contribution in [0.5, 0.6) is 0 Å². The van der Waals surface area contributed by atoms with Crippen molar-refractivity contribution in [3.8, 4) is 6.07 Å². The summed E-state index contributed by atoms with van der Waals surface area (Å²) in [5.41, 5.74) is 0.930. The molecule has 0 saturated carbocycles. The molecule has 3 nitrogen and oxygen atoms in total. The van der Waals surface area contributed by atoms with E-state index in [0.717, 1.165) is 17.9 Å². The second kappa shape index (κ2) is 5.06. The maximum Gasteiger partial charge on any atom is 0.256 e. The molecule has 1 heterocycles. The standard InChI is InChI=1S/C10H14N2OS/c1-4-9(5-6-11)14-10-12-7(2)8(3)13-10/h9H,4-5H2,1-3H3. The van der Waals surface area contributed by atoms with Gasteiger partial charge >= 0.3 is 0 Å². The third-order valence-electron chi connectivity index (χ3n) is 2.05. The van der Waals surface area contributed by atoms with Gasteiger partial charge in [0.05, 0.1) is 11.8 Å². The lowest BCUT2D eigenvalue weighted by Crippen LogP contribution is -1.98. The highest BCUT2D eigenvalue weighted by molar-refractivity contribution is 7.99. The van der Waals surface area contributed by atoms with Crippen molar-refractivity contribution in [1.29, 1.82) is 5.26 Å². The Balaban J connectivity index is 2.63. The van der Waals surface area contributed by atoms with Gasteiger partial charge in [0.2, 0.25) is 0 Å². The molecule has 14 heavy (non-hydrogen) atoms. The Kier molecular flexibility index (Phi) is 4.02. The van der Waals surface area contributed by atoms with Gasteiger partial charge in [-0.2, -0.15) is 5.26 Å². The van der Waals surface area contributed by atoms with E-state index in [9.17, 15) is 0 Å². The average molecular weight is 210 g/mol. The van der Waals surface area contributed by atoms with E-state index in [2.05, 4.69) is 18.0 Å². The lowest BCUT2D eigenvalue weighted by molar-refractivity contribution is 0.430. The average Bonchev–Trinajstić information content (AvgIpc) is 2.45. The van der Waals surface area contributed by atoms with E-state index < -0.39 is 0 Å². The second-order valence-electron chi connectivity index (χ2n) is 3.13. The summed E-state index contributed by atoms with van der Waals surface area (Å²) in [6, 6.07) is 2.17. The monoisotopic (exact) mass is 210 g/mol. The van der Waals surface area contributed by atoms with Gasteiger partial charge in [-0.25, -0.2) is 4.98 Å². The lowest BCUT2D eigenvalue weighted by atomic mass is 10.3. The van der Waals surface area contributed by atoms with Crippen LogP contribution in [0.25, 0.3) is 0 Å². The number of oxazole rings is 1. The van der Waals surface area contributed by atoms with Crippen LogP contribution in [-0.4, -0.2) is 10.2 Å². The summed E-state index contributed by atoms with van der Waals surface area (Å²) < 4.78 is 5.44. The molecule has 0 radical (unpaired) electrons. The molecule has 1 rings (SSSR count). The highest BCUT2D eigenvalue weighted by Gasteiger charge is 2.13. The fourth-order valence-corrected chi connectivity index (χ4v) is 1.98. The summed E-state index contributed by atoms with van der Waals surface area (Å²) in [7, 11) is 0. The van der Waals surface area contributed by atoms with Crippen molar-refractivity contribution in [3.05, 3.63) is 11.5 Å². The van der Waals surface area contributed by atoms with E-state index in [1.165, 1.54) is 0 Å². The minimum atomic E-state index is 0.289.